The third-order valence-corrected chi connectivity index (χ3v) is 3.83. The van der Waals surface area contributed by atoms with E-state index in [4.69, 9.17) is 10.5 Å². The van der Waals surface area contributed by atoms with Crippen molar-refractivity contribution in [2.75, 3.05) is 6.54 Å². The number of esters is 1. The van der Waals surface area contributed by atoms with E-state index in [2.05, 4.69) is 0 Å². The average Bonchev–Trinajstić information content (AvgIpc) is 2.45. The second kappa shape index (κ2) is 8.02. The average molecular weight is 329 g/mol. The number of ether oxygens (including phenoxy) is 1. The van der Waals surface area contributed by atoms with Gasteiger partial charge in [0.1, 0.15) is 10.6 Å². The maximum absolute atomic E-state index is 11.9. The van der Waals surface area contributed by atoms with Gasteiger partial charge < -0.3 is 10.5 Å². The van der Waals surface area contributed by atoms with Crippen molar-refractivity contribution in [3.05, 3.63) is 23.8 Å². The lowest BCUT2D eigenvalue weighted by Crippen LogP contribution is -2.20. The Morgan fingerprint density at radius 1 is 1.27 bits per heavy atom. The SMILES string of the molecule is CCCCCC(=O)Oc1cccc(S(=O)(=O)O)c1C(=O)CN. The van der Waals surface area contributed by atoms with Crippen LogP contribution in [0.25, 0.3) is 0 Å². The van der Waals surface area contributed by atoms with E-state index in [0.29, 0.717) is 6.42 Å². The molecule has 7 nitrogen and oxygen atoms in total. The molecule has 0 saturated heterocycles. The van der Waals surface area contributed by atoms with Gasteiger partial charge in [0.2, 0.25) is 0 Å². The van der Waals surface area contributed by atoms with E-state index in [9.17, 15) is 22.6 Å². The van der Waals surface area contributed by atoms with Gasteiger partial charge in [0, 0.05) is 6.42 Å². The molecule has 122 valence electrons. The molecule has 0 amide bonds. The van der Waals surface area contributed by atoms with Gasteiger partial charge in [-0.2, -0.15) is 8.42 Å². The minimum atomic E-state index is -4.64. The van der Waals surface area contributed by atoms with E-state index in [0.717, 1.165) is 18.9 Å². The van der Waals surface area contributed by atoms with Crippen LogP contribution in [-0.2, 0) is 14.9 Å². The highest BCUT2D eigenvalue weighted by atomic mass is 32.2. The molecule has 0 bridgehead atoms. The fourth-order valence-corrected chi connectivity index (χ4v) is 2.60. The predicted molar refractivity (Wildman–Crippen MR) is 79.4 cm³/mol. The first-order valence-electron chi connectivity index (χ1n) is 6.85. The maximum atomic E-state index is 11.9. The second-order valence-electron chi connectivity index (χ2n) is 4.66. The highest BCUT2D eigenvalue weighted by Gasteiger charge is 2.25. The summed E-state index contributed by atoms with van der Waals surface area (Å²) in [6.07, 6.45) is 2.57. The molecule has 0 fully saturated rings. The molecular formula is C14H19NO6S. The van der Waals surface area contributed by atoms with E-state index < -0.39 is 38.9 Å². The summed E-state index contributed by atoms with van der Waals surface area (Å²) in [6, 6.07) is 3.60. The van der Waals surface area contributed by atoms with Crippen LogP contribution in [-0.4, -0.2) is 31.3 Å². The van der Waals surface area contributed by atoms with Crippen LogP contribution in [0.5, 0.6) is 5.75 Å². The molecule has 1 aromatic rings. The number of carbonyl (C=O) groups is 2. The largest absolute Gasteiger partial charge is 0.426 e. The molecule has 0 radical (unpaired) electrons. The van der Waals surface area contributed by atoms with Crippen molar-refractivity contribution >= 4 is 21.9 Å². The summed E-state index contributed by atoms with van der Waals surface area (Å²) in [6.45, 7) is 1.51. The quantitative estimate of drug-likeness (QED) is 0.244. The van der Waals surface area contributed by atoms with Crippen LogP contribution in [0, 0.1) is 0 Å². The van der Waals surface area contributed by atoms with Gasteiger partial charge in [0.25, 0.3) is 10.1 Å². The molecule has 0 saturated carbocycles. The number of ketones is 1. The molecule has 1 aromatic carbocycles. The van der Waals surface area contributed by atoms with Gasteiger partial charge in [0.05, 0.1) is 12.1 Å². The lowest BCUT2D eigenvalue weighted by molar-refractivity contribution is -0.134. The van der Waals surface area contributed by atoms with Gasteiger partial charge in [-0.3, -0.25) is 14.1 Å². The Balaban J connectivity index is 3.14. The van der Waals surface area contributed by atoms with E-state index >= 15 is 0 Å². The lowest BCUT2D eigenvalue weighted by atomic mass is 10.1. The van der Waals surface area contributed by atoms with Gasteiger partial charge in [-0.1, -0.05) is 25.8 Å². The number of hydrogen-bond donors (Lipinski definition) is 2. The van der Waals surface area contributed by atoms with Gasteiger partial charge >= 0.3 is 5.97 Å². The fraction of sp³-hybridized carbons (Fsp3) is 0.429. The zero-order valence-electron chi connectivity index (χ0n) is 12.2. The first-order valence-corrected chi connectivity index (χ1v) is 8.29. The van der Waals surface area contributed by atoms with Crippen LogP contribution in [0.4, 0.5) is 0 Å². The van der Waals surface area contributed by atoms with Crippen LogP contribution in [0.2, 0.25) is 0 Å². The van der Waals surface area contributed by atoms with Crippen molar-refractivity contribution in [1.82, 2.24) is 0 Å². The number of carbonyl (C=O) groups excluding carboxylic acids is 2. The van der Waals surface area contributed by atoms with Crippen molar-refractivity contribution in [1.29, 1.82) is 0 Å². The topological polar surface area (TPSA) is 124 Å². The Morgan fingerprint density at radius 2 is 1.95 bits per heavy atom. The van der Waals surface area contributed by atoms with Crippen molar-refractivity contribution < 1.29 is 27.3 Å². The molecule has 0 aromatic heterocycles. The summed E-state index contributed by atoms with van der Waals surface area (Å²) in [7, 11) is -4.64. The molecular weight excluding hydrogens is 310 g/mol. The predicted octanol–water partition coefficient (Wildman–Crippen LogP) is 1.56. The summed E-state index contributed by atoms with van der Waals surface area (Å²) in [5.41, 5.74) is 4.84. The zero-order valence-corrected chi connectivity index (χ0v) is 13.1. The van der Waals surface area contributed by atoms with Gasteiger partial charge in [0.15, 0.2) is 5.78 Å². The smallest absolute Gasteiger partial charge is 0.311 e. The molecule has 0 spiro atoms. The van der Waals surface area contributed by atoms with Crippen LogP contribution < -0.4 is 10.5 Å². The number of Topliss-reactive ketones (excluding diaryl/α,β-unsaturated/α-hetero) is 1. The minimum absolute atomic E-state index is 0.153. The number of nitrogens with two attached hydrogens (primary N) is 1. The van der Waals surface area contributed by atoms with Crippen molar-refractivity contribution in [2.45, 2.75) is 37.5 Å². The third-order valence-electron chi connectivity index (χ3n) is 2.94. The lowest BCUT2D eigenvalue weighted by Gasteiger charge is -2.11. The molecule has 8 heteroatoms. The maximum Gasteiger partial charge on any atom is 0.311 e. The van der Waals surface area contributed by atoms with Crippen LogP contribution >= 0.6 is 0 Å². The molecule has 0 heterocycles. The van der Waals surface area contributed by atoms with E-state index in [1.165, 1.54) is 12.1 Å². The van der Waals surface area contributed by atoms with Crippen molar-refractivity contribution in [3.63, 3.8) is 0 Å². The van der Waals surface area contributed by atoms with E-state index in [1.54, 1.807) is 0 Å². The van der Waals surface area contributed by atoms with Crippen LogP contribution in [0.15, 0.2) is 23.1 Å². The van der Waals surface area contributed by atoms with Gasteiger partial charge in [-0.15, -0.1) is 0 Å². The highest BCUT2D eigenvalue weighted by molar-refractivity contribution is 7.86. The summed E-state index contributed by atoms with van der Waals surface area (Å²) >= 11 is 0. The molecule has 0 aliphatic heterocycles. The number of hydrogen-bond acceptors (Lipinski definition) is 6. The summed E-state index contributed by atoms with van der Waals surface area (Å²) in [4.78, 5) is 23.0. The molecule has 22 heavy (non-hydrogen) atoms. The highest BCUT2D eigenvalue weighted by Crippen LogP contribution is 2.27. The molecule has 0 aliphatic rings. The van der Waals surface area contributed by atoms with Gasteiger partial charge in [-0.05, 0) is 18.6 Å². The fourth-order valence-electron chi connectivity index (χ4n) is 1.88. The molecule has 0 atom stereocenters. The zero-order chi connectivity index (χ0) is 16.8. The standard InChI is InChI=1S/C14H19NO6S/c1-2-3-4-8-13(17)21-11-6-5-7-12(22(18,19)20)14(11)10(16)9-15/h5-7H,2-4,8-9,15H2,1H3,(H,18,19,20). The Morgan fingerprint density at radius 3 is 2.50 bits per heavy atom. The first kappa shape index (κ1) is 18.3. The van der Waals surface area contributed by atoms with Crippen molar-refractivity contribution in [3.8, 4) is 5.75 Å². The molecule has 1 rings (SSSR count). The molecule has 0 aliphatic carbocycles. The Bertz CT molecular complexity index is 653. The van der Waals surface area contributed by atoms with Crippen LogP contribution in [0.1, 0.15) is 43.0 Å². The minimum Gasteiger partial charge on any atom is -0.426 e. The van der Waals surface area contributed by atoms with E-state index in [-0.39, 0.29) is 12.2 Å². The Labute approximate surface area is 129 Å². The van der Waals surface area contributed by atoms with Crippen molar-refractivity contribution in [2.24, 2.45) is 5.73 Å². The van der Waals surface area contributed by atoms with Crippen LogP contribution in [0.3, 0.4) is 0 Å². The second-order valence-corrected chi connectivity index (χ2v) is 6.05. The third kappa shape index (κ3) is 4.90. The number of benzene rings is 1. The molecule has 0 unspecified atom stereocenters. The summed E-state index contributed by atoms with van der Waals surface area (Å²) < 4.78 is 36.9. The summed E-state index contributed by atoms with van der Waals surface area (Å²) in [5.74, 6) is -1.54. The van der Waals surface area contributed by atoms with Gasteiger partial charge in [-0.25, -0.2) is 0 Å². The monoisotopic (exact) mass is 329 g/mol. The first-order chi connectivity index (χ1) is 10.3. The normalized spacial score (nSPS) is 11.2. The Hall–Kier alpha value is -1.77. The summed E-state index contributed by atoms with van der Waals surface area (Å²) in [5, 5.41) is 0. The molecule has 3 N–H and O–H groups in total. The number of unbranched alkanes of at least 4 members (excludes halogenated alkanes) is 2. The number of rotatable bonds is 8. The van der Waals surface area contributed by atoms with E-state index in [1.807, 2.05) is 6.92 Å². The Kier molecular flexibility index (Phi) is 6.66.